The van der Waals surface area contributed by atoms with E-state index in [0.717, 1.165) is 0 Å². The van der Waals surface area contributed by atoms with Crippen LogP contribution in [0.2, 0.25) is 0 Å². The van der Waals surface area contributed by atoms with Gasteiger partial charge in [0.1, 0.15) is 5.82 Å². The molecule has 0 aliphatic carbocycles. The van der Waals surface area contributed by atoms with Crippen molar-refractivity contribution in [1.29, 1.82) is 0 Å². The smallest absolute Gasteiger partial charge is 0.139 e. The minimum atomic E-state index is -1.37. The summed E-state index contributed by atoms with van der Waals surface area (Å²) in [5.74, 6) is -0.432. The van der Waals surface area contributed by atoms with Gasteiger partial charge in [0, 0.05) is 6.04 Å². The Morgan fingerprint density at radius 3 is 2.43 bits per heavy atom. The van der Waals surface area contributed by atoms with Crippen LogP contribution in [0.4, 0.5) is 4.39 Å². The van der Waals surface area contributed by atoms with Crippen molar-refractivity contribution in [2.24, 2.45) is 5.73 Å². The van der Waals surface area contributed by atoms with E-state index in [0.29, 0.717) is 0 Å². The number of nitrogens with two attached hydrogens (primary N) is 1. The first-order chi connectivity index (χ1) is 6.54. The molecule has 0 aliphatic rings. The van der Waals surface area contributed by atoms with Gasteiger partial charge in [0.2, 0.25) is 0 Å². The second kappa shape index (κ2) is 4.66. The Bertz CT molecular complexity index is 341. The molecule has 78 valence electrons. The second-order valence-electron chi connectivity index (χ2n) is 3.29. The third-order valence-corrected chi connectivity index (χ3v) is 4.00. The Morgan fingerprint density at radius 1 is 1.36 bits per heavy atom. The molecule has 0 fully saturated rings. The fraction of sp³-hybridized carbons (Fsp3) is 0.400. The molecule has 1 aromatic carbocycles. The number of rotatable bonds is 3. The first-order valence-electron chi connectivity index (χ1n) is 4.44. The number of hydrogen-bond donors (Lipinski definition) is 1. The Kier molecular flexibility index (Phi) is 3.77. The van der Waals surface area contributed by atoms with Crippen molar-refractivity contribution in [3.8, 4) is 0 Å². The predicted molar refractivity (Wildman–Crippen MR) is 55.9 cm³/mol. The molecule has 3 atom stereocenters. The zero-order valence-corrected chi connectivity index (χ0v) is 9.05. The zero-order valence-electron chi connectivity index (χ0n) is 8.24. The van der Waals surface area contributed by atoms with E-state index >= 15 is 0 Å². The van der Waals surface area contributed by atoms with Gasteiger partial charge >= 0.3 is 0 Å². The molecular weight excluding hydrogens is 201 g/mol. The van der Waals surface area contributed by atoms with Gasteiger partial charge in [-0.15, -0.1) is 0 Å². The summed E-state index contributed by atoms with van der Waals surface area (Å²) in [6.45, 7) is 3.52. The molecule has 3 unspecified atom stereocenters. The maximum atomic E-state index is 13.2. The van der Waals surface area contributed by atoms with Crippen molar-refractivity contribution >= 4 is 10.8 Å². The van der Waals surface area contributed by atoms with Gasteiger partial charge in [-0.2, -0.15) is 0 Å². The molecule has 0 amide bonds. The van der Waals surface area contributed by atoms with Crippen LogP contribution in [-0.4, -0.2) is 15.5 Å². The first-order valence-corrected chi connectivity index (χ1v) is 5.66. The van der Waals surface area contributed by atoms with Crippen molar-refractivity contribution < 1.29 is 8.60 Å². The molecular formula is C10H14FNOS. The lowest BCUT2D eigenvalue weighted by molar-refractivity contribution is 0.590. The molecule has 0 bridgehead atoms. The summed E-state index contributed by atoms with van der Waals surface area (Å²) >= 11 is 0. The zero-order chi connectivity index (χ0) is 10.7. The summed E-state index contributed by atoms with van der Waals surface area (Å²) in [6.07, 6.45) is 0. The molecule has 0 aromatic heterocycles. The molecule has 0 heterocycles. The summed E-state index contributed by atoms with van der Waals surface area (Å²) in [5, 5.41) is -0.244. The highest BCUT2D eigenvalue weighted by atomic mass is 32.2. The fourth-order valence-corrected chi connectivity index (χ4v) is 2.27. The topological polar surface area (TPSA) is 43.1 Å². The Morgan fingerprint density at radius 2 is 1.93 bits per heavy atom. The average Bonchev–Trinajstić information content (AvgIpc) is 2.16. The van der Waals surface area contributed by atoms with Crippen LogP contribution in [0, 0.1) is 5.82 Å². The summed E-state index contributed by atoms with van der Waals surface area (Å²) in [6, 6.07) is 5.87. The van der Waals surface area contributed by atoms with Crippen LogP contribution in [0.5, 0.6) is 0 Å². The normalized spacial score (nSPS) is 17.4. The highest BCUT2D eigenvalue weighted by Crippen LogP contribution is 2.16. The highest BCUT2D eigenvalue weighted by Gasteiger charge is 2.19. The maximum absolute atomic E-state index is 13.2. The van der Waals surface area contributed by atoms with Crippen molar-refractivity contribution in [3.05, 3.63) is 30.1 Å². The Labute approximate surface area is 85.8 Å². The van der Waals surface area contributed by atoms with E-state index in [1.807, 2.05) is 0 Å². The molecule has 14 heavy (non-hydrogen) atoms. The standard InChI is InChI=1S/C10H14FNOS/c1-7(12)8(2)14(13)10-6-4-3-5-9(10)11/h3-8H,12H2,1-2H3. The molecule has 0 aliphatic heterocycles. The lowest BCUT2D eigenvalue weighted by Gasteiger charge is -2.15. The summed E-state index contributed by atoms with van der Waals surface area (Å²) in [7, 11) is -1.37. The van der Waals surface area contributed by atoms with Gasteiger partial charge in [-0.3, -0.25) is 4.21 Å². The van der Waals surface area contributed by atoms with Crippen molar-refractivity contribution in [2.75, 3.05) is 0 Å². The average molecular weight is 215 g/mol. The van der Waals surface area contributed by atoms with Crippen LogP contribution < -0.4 is 5.73 Å². The van der Waals surface area contributed by atoms with Gasteiger partial charge in [0.15, 0.2) is 0 Å². The fourth-order valence-electron chi connectivity index (χ4n) is 1.00. The van der Waals surface area contributed by atoms with Crippen LogP contribution in [0.3, 0.4) is 0 Å². The number of benzene rings is 1. The van der Waals surface area contributed by atoms with Crippen molar-refractivity contribution in [3.63, 3.8) is 0 Å². The molecule has 0 saturated carbocycles. The van der Waals surface area contributed by atoms with Gasteiger partial charge < -0.3 is 5.73 Å². The lowest BCUT2D eigenvalue weighted by Crippen LogP contribution is -2.32. The molecule has 0 spiro atoms. The second-order valence-corrected chi connectivity index (χ2v) is 5.07. The largest absolute Gasteiger partial charge is 0.327 e. The number of hydrogen-bond acceptors (Lipinski definition) is 2. The highest BCUT2D eigenvalue weighted by molar-refractivity contribution is 7.85. The maximum Gasteiger partial charge on any atom is 0.139 e. The van der Waals surface area contributed by atoms with Crippen LogP contribution in [0.1, 0.15) is 13.8 Å². The molecule has 1 aromatic rings. The summed E-state index contributed by atoms with van der Waals surface area (Å²) in [5.41, 5.74) is 5.61. The van der Waals surface area contributed by atoms with Gasteiger partial charge in [-0.25, -0.2) is 4.39 Å². The van der Waals surface area contributed by atoms with Crippen molar-refractivity contribution in [1.82, 2.24) is 0 Å². The molecule has 1 rings (SSSR count). The van der Waals surface area contributed by atoms with E-state index in [1.165, 1.54) is 12.1 Å². The minimum Gasteiger partial charge on any atom is -0.327 e. The summed E-state index contributed by atoms with van der Waals surface area (Å²) in [4.78, 5) is 0.234. The first kappa shape index (κ1) is 11.3. The summed E-state index contributed by atoms with van der Waals surface area (Å²) < 4.78 is 25.0. The van der Waals surface area contributed by atoms with E-state index in [1.54, 1.807) is 26.0 Å². The van der Waals surface area contributed by atoms with Crippen LogP contribution >= 0.6 is 0 Å². The van der Waals surface area contributed by atoms with Crippen LogP contribution in [0.25, 0.3) is 0 Å². The number of halogens is 1. The third-order valence-electron chi connectivity index (χ3n) is 2.13. The van der Waals surface area contributed by atoms with E-state index in [4.69, 9.17) is 5.73 Å². The van der Waals surface area contributed by atoms with Crippen LogP contribution in [-0.2, 0) is 10.8 Å². The van der Waals surface area contributed by atoms with Crippen molar-refractivity contribution in [2.45, 2.75) is 30.0 Å². The lowest BCUT2D eigenvalue weighted by atomic mass is 10.3. The van der Waals surface area contributed by atoms with Gasteiger partial charge in [-0.1, -0.05) is 12.1 Å². The van der Waals surface area contributed by atoms with E-state index in [-0.39, 0.29) is 16.2 Å². The molecule has 4 heteroatoms. The van der Waals surface area contributed by atoms with Gasteiger partial charge in [0.05, 0.1) is 20.9 Å². The van der Waals surface area contributed by atoms with E-state index in [2.05, 4.69) is 0 Å². The van der Waals surface area contributed by atoms with E-state index in [9.17, 15) is 8.60 Å². The Balaban J connectivity index is 2.95. The molecule has 2 N–H and O–H groups in total. The quantitative estimate of drug-likeness (QED) is 0.833. The Hall–Kier alpha value is -0.740. The SMILES string of the molecule is CC(N)C(C)S(=O)c1ccccc1F. The molecule has 0 saturated heterocycles. The monoisotopic (exact) mass is 215 g/mol. The third kappa shape index (κ3) is 2.39. The molecule has 2 nitrogen and oxygen atoms in total. The van der Waals surface area contributed by atoms with E-state index < -0.39 is 16.6 Å². The minimum absolute atomic E-state index is 0.213. The predicted octanol–water partition coefficient (Wildman–Crippen LogP) is 1.67. The van der Waals surface area contributed by atoms with Gasteiger partial charge in [0.25, 0.3) is 0 Å². The molecule has 0 radical (unpaired) electrons. The van der Waals surface area contributed by atoms with Crippen LogP contribution in [0.15, 0.2) is 29.2 Å². The van der Waals surface area contributed by atoms with Gasteiger partial charge in [-0.05, 0) is 26.0 Å².